The Labute approximate surface area is 116 Å². The predicted molar refractivity (Wildman–Crippen MR) is 79.3 cm³/mol. The number of nitrogens with one attached hydrogen (secondary N) is 1. The molecule has 1 aromatic carbocycles. The summed E-state index contributed by atoms with van der Waals surface area (Å²) in [5, 5.41) is 3.22. The monoisotopic (exact) mass is 260 g/mol. The summed E-state index contributed by atoms with van der Waals surface area (Å²) >= 11 is 0. The first-order chi connectivity index (χ1) is 9.08. The molecule has 1 heterocycles. The third-order valence-corrected chi connectivity index (χ3v) is 3.98. The van der Waals surface area contributed by atoms with E-state index >= 15 is 0 Å². The van der Waals surface area contributed by atoms with Gasteiger partial charge in [-0.25, -0.2) is 0 Å². The van der Waals surface area contributed by atoms with Crippen LogP contribution in [0.5, 0.6) is 0 Å². The number of anilines is 1. The molecule has 0 radical (unpaired) electrons. The van der Waals surface area contributed by atoms with Crippen LogP contribution >= 0.6 is 0 Å². The third kappa shape index (κ3) is 3.49. The maximum atomic E-state index is 12.3. The number of amides is 1. The summed E-state index contributed by atoms with van der Waals surface area (Å²) in [7, 11) is 0. The Bertz CT molecular complexity index is 417. The average molecular weight is 260 g/mol. The van der Waals surface area contributed by atoms with E-state index in [0.717, 1.165) is 18.5 Å². The van der Waals surface area contributed by atoms with Crippen LogP contribution in [-0.2, 0) is 4.79 Å². The second-order valence-corrected chi connectivity index (χ2v) is 5.65. The first-order valence-corrected chi connectivity index (χ1v) is 7.19. The van der Waals surface area contributed by atoms with Crippen molar-refractivity contribution >= 4 is 11.6 Å². The first-order valence-electron chi connectivity index (χ1n) is 7.19. The number of nitrogens with zero attached hydrogens (tertiary/aromatic N) is 1. The molecule has 0 spiro atoms. The summed E-state index contributed by atoms with van der Waals surface area (Å²) in [5.74, 6) is 0.209. The lowest BCUT2D eigenvalue weighted by Gasteiger charge is -2.39. The molecule has 1 saturated heterocycles. The number of carbonyl (C=O) groups excluding carboxylic acids is 1. The van der Waals surface area contributed by atoms with E-state index in [1.165, 1.54) is 12.0 Å². The van der Waals surface area contributed by atoms with Crippen molar-refractivity contribution < 1.29 is 4.79 Å². The van der Waals surface area contributed by atoms with Crippen LogP contribution in [0.4, 0.5) is 5.69 Å². The number of aryl methyl sites for hydroxylation is 1. The molecule has 1 aliphatic heterocycles. The van der Waals surface area contributed by atoms with Crippen molar-refractivity contribution in [2.24, 2.45) is 0 Å². The lowest BCUT2D eigenvalue weighted by molar-refractivity contribution is -0.135. The molecule has 0 bridgehead atoms. The van der Waals surface area contributed by atoms with E-state index in [2.05, 4.69) is 38.2 Å². The van der Waals surface area contributed by atoms with Gasteiger partial charge in [0.2, 0.25) is 5.91 Å². The van der Waals surface area contributed by atoms with Gasteiger partial charge < -0.3 is 10.2 Å². The number of rotatable bonds is 3. The molecule has 0 saturated carbocycles. The van der Waals surface area contributed by atoms with E-state index in [1.807, 2.05) is 17.0 Å². The van der Waals surface area contributed by atoms with Crippen LogP contribution in [0.3, 0.4) is 0 Å². The number of piperidine rings is 1. The van der Waals surface area contributed by atoms with Gasteiger partial charge in [0.05, 0.1) is 6.54 Å². The van der Waals surface area contributed by atoms with E-state index in [4.69, 9.17) is 0 Å². The quantitative estimate of drug-likeness (QED) is 0.905. The fraction of sp³-hybridized carbons (Fsp3) is 0.562. The summed E-state index contributed by atoms with van der Waals surface area (Å²) < 4.78 is 0. The maximum absolute atomic E-state index is 12.3. The highest BCUT2D eigenvalue weighted by molar-refractivity contribution is 5.81. The predicted octanol–water partition coefficient (Wildman–Crippen LogP) is 3.20. The van der Waals surface area contributed by atoms with Gasteiger partial charge in [0.1, 0.15) is 0 Å². The summed E-state index contributed by atoms with van der Waals surface area (Å²) in [6.07, 6.45) is 3.48. The molecule has 2 rings (SSSR count). The molecule has 3 nitrogen and oxygen atoms in total. The molecule has 1 N–H and O–H groups in total. The zero-order chi connectivity index (χ0) is 13.8. The van der Waals surface area contributed by atoms with Gasteiger partial charge in [0.25, 0.3) is 0 Å². The van der Waals surface area contributed by atoms with E-state index in [9.17, 15) is 4.79 Å². The second kappa shape index (κ2) is 6.09. The van der Waals surface area contributed by atoms with Crippen molar-refractivity contribution in [1.82, 2.24) is 4.90 Å². The fourth-order valence-electron chi connectivity index (χ4n) is 2.85. The Kier molecular flexibility index (Phi) is 4.46. The van der Waals surface area contributed by atoms with Crippen molar-refractivity contribution in [3.63, 3.8) is 0 Å². The number of carbonyl (C=O) groups is 1. The van der Waals surface area contributed by atoms with E-state index in [1.54, 1.807) is 0 Å². The standard InChI is InChI=1S/C16H24N2O/c1-12-7-9-15(10-8-12)17-11-16(19)18-13(2)5-4-6-14(18)3/h7-10,13-14,17H,4-6,11H2,1-3H3. The van der Waals surface area contributed by atoms with Gasteiger partial charge >= 0.3 is 0 Å². The van der Waals surface area contributed by atoms with Crippen molar-refractivity contribution in [3.8, 4) is 0 Å². The molecular formula is C16H24N2O. The molecule has 1 aromatic rings. The number of likely N-dealkylation sites (tertiary alicyclic amines) is 1. The first kappa shape index (κ1) is 13.9. The molecule has 1 amide bonds. The highest BCUT2D eigenvalue weighted by Gasteiger charge is 2.28. The Morgan fingerprint density at radius 1 is 1.21 bits per heavy atom. The van der Waals surface area contributed by atoms with Gasteiger partial charge in [-0.3, -0.25) is 4.79 Å². The molecule has 104 valence electrons. The lowest BCUT2D eigenvalue weighted by atomic mass is 9.97. The van der Waals surface area contributed by atoms with Crippen LogP contribution in [0, 0.1) is 6.92 Å². The van der Waals surface area contributed by atoms with Crippen LogP contribution in [0.2, 0.25) is 0 Å². The molecule has 2 unspecified atom stereocenters. The van der Waals surface area contributed by atoms with E-state index in [0.29, 0.717) is 18.6 Å². The molecule has 3 heteroatoms. The van der Waals surface area contributed by atoms with Crippen LogP contribution in [-0.4, -0.2) is 29.4 Å². The lowest BCUT2D eigenvalue weighted by Crippen LogP contribution is -2.49. The van der Waals surface area contributed by atoms with Crippen molar-refractivity contribution in [2.45, 2.75) is 52.1 Å². The minimum Gasteiger partial charge on any atom is -0.376 e. The van der Waals surface area contributed by atoms with Crippen molar-refractivity contribution in [1.29, 1.82) is 0 Å². The van der Waals surface area contributed by atoms with E-state index in [-0.39, 0.29) is 5.91 Å². The summed E-state index contributed by atoms with van der Waals surface area (Å²) in [6.45, 7) is 6.75. The summed E-state index contributed by atoms with van der Waals surface area (Å²) in [6, 6.07) is 8.89. The topological polar surface area (TPSA) is 32.3 Å². The Morgan fingerprint density at radius 3 is 2.37 bits per heavy atom. The molecule has 0 aliphatic carbocycles. The summed E-state index contributed by atoms with van der Waals surface area (Å²) in [5.41, 5.74) is 2.24. The van der Waals surface area contributed by atoms with Gasteiger partial charge in [-0.2, -0.15) is 0 Å². The number of benzene rings is 1. The molecule has 19 heavy (non-hydrogen) atoms. The van der Waals surface area contributed by atoms with Crippen molar-refractivity contribution in [3.05, 3.63) is 29.8 Å². The minimum atomic E-state index is 0.209. The molecule has 1 aliphatic rings. The van der Waals surface area contributed by atoms with E-state index < -0.39 is 0 Å². The van der Waals surface area contributed by atoms with Gasteiger partial charge in [-0.1, -0.05) is 17.7 Å². The normalized spacial score (nSPS) is 23.2. The molecular weight excluding hydrogens is 236 g/mol. The van der Waals surface area contributed by atoms with Crippen LogP contribution in [0.25, 0.3) is 0 Å². The Balaban J connectivity index is 1.91. The Morgan fingerprint density at radius 2 is 1.79 bits per heavy atom. The Hall–Kier alpha value is -1.51. The van der Waals surface area contributed by atoms with Gasteiger partial charge in [-0.05, 0) is 52.2 Å². The number of hydrogen-bond acceptors (Lipinski definition) is 2. The molecule has 2 atom stereocenters. The summed E-state index contributed by atoms with van der Waals surface area (Å²) in [4.78, 5) is 14.4. The fourth-order valence-corrected chi connectivity index (χ4v) is 2.85. The zero-order valence-electron chi connectivity index (χ0n) is 12.1. The zero-order valence-corrected chi connectivity index (χ0v) is 12.1. The maximum Gasteiger partial charge on any atom is 0.242 e. The largest absolute Gasteiger partial charge is 0.376 e. The van der Waals surface area contributed by atoms with Crippen LogP contribution in [0.1, 0.15) is 38.7 Å². The van der Waals surface area contributed by atoms with Gasteiger partial charge in [0, 0.05) is 17.8 Å². The van der Waals surface area contributed by atoms with Gasteiger partial charge in [0.15, 0.2) is 0 Å². The molecule has 1 fully saturated rings. The highest BCUT2D eigenvalue weighted by atomic mass is 16.2. The highest BCUT2D eigenvalue weighted by Crippen LogP contribution is 2.22. The average Bonchev–Trinajstić information content (AvgIpc) is 2.38. The molecule has 0 aromatic heterocycles. The van der Waals surface area contributed by atoms with Crippen molar-refractivity contribution in [2.75, 3.05) is 11.9 Å². The van der Waals surface area contributed by atoms with Gasteiger partial charge in [-0.15, -0.1) is 0 Å². The minimum absolute atomic E-state index is 0.209. The van der Waals surface area contributed by atoms with Crippen LogP contribution in [0.15, 0.2) is 24.3 Å². The SMILES string of the molecule is Cc1ccc(NCC(=O)N2C(C)CCCC2C)cc1. The third-order valence-electron chi connectivity index (χ3n) is 3.98. The number of hydrogen-bond donors (Lipinski definition) is 1. The smallest absolute Gasteiger partial charge is 0.242 e. The van der Waals surface area contributed by atoms with Crippen LogP contribution < -0.4 is 5.32 Å². The second-order valence-electron chi connectivity index (χ2n) is 5.65.